The molecule has 0 spiro atoms. The van der Waals surface area contributed by atoms with Gasteiger partial charge in [0.25, 0.3) is 5.56 Å². The Balaban J connectivity index is 1.56. The van der Waals surface area contributed by atoms with Crippen molar-refractivity contribution in [2.24, 2.45) is 5.41 Å². The van der Waals surface area contributed by atoms with E-state index >= 15 is 0 Å². The summed E-state index contributed by atoms with van der Waals surface area (Å²) in [5, 5.41) is 10.2. The highest BCUT2D eigenvalue weighted by Gasteiger charge is 2.31. The van der Waals surface area contributed by atoms with Gasteiger partial charge in [-0.15, -0.1) is 0 Å². The molecule has 0 radical (unpaired) electrons. The van der Waals surface area contributed by atoms with Crippen LogP contribution in [0.1, 0.15) is 48.9 Å². The molecule has 2 aromatic rings. The lowest BCUT2D eigenvalue weighted by Crippen LogP contribution is -2.31. The molecule has 0 aliphatic carbocycles. The van der Waals surface area contributed by atoms with Crippen LogP contribution in [0.15, 0.2) is 41.5 Å². The molecule has 3 rings (SSSR count). The lowest BCUT2D eigenvalue weighted by atomic mass is 9.77. The van der Waals surface area contributed by atoms with Gasteiger partial charge in [0.05, 0.1) is 0 Å². The van der Waals surface area contributed by atoms with Crippen LogP contribution in [-0.4, -0.2) is 39.7 Å². The Bertz CT molecular complexity index is 789. The summed E-state index contributed by atoms with van der Waals surface area (Å²) in [6.45, 7) is 4.86. The number of nitrogens with zero attached hydrogens (tertiary/aromatic N) is 2. The third-order valence-corrected chi connectivity index (χ3v) is 6.04. The van der Waals surface area contributed by atoms with E-state index < -0.39 is 0 Å². The number of H-pyrrole nitrogens is 1. The fourth-order valence-corrected chi connectivity index (χ4v) is 4.21. The largest absolute Gasteiger partial charge is 0.396 e. The molecule has 0 saturated carbocycles. The second-order valence-corrected chi connectivity index (χ2v) is 7.93. The first-order chi connectivity index (χ1) is 13.1. The van der Waals surface area contributed by atoms with Crippen LogP contribution in [0.4, 0.5) is 0 Å². The lowest BCUT2D eigenvalue weighted by molar-refractivity contribution is 0.0943. The quantitative estimate of drug-likeness (QED) is 0.787. The molecule has 1 saturated heterocycles. The monoisotopic (exact) mass is 369 g/mol. The predicted molar refractivity (Wildman–Crippen MR) is 108 cm³/mol. The maximum Gasteiger partial charge on any atom is 0.270 e. The fourth-order valence-electron chi connectivity index (χ4n) is 4.21. The van der Waals surface area contributed by atoms with E-state index in [1.54, 1.807) is 12.4 Å². The second kappa shape index (κ2) is 9.29. The van der Waals surface area contributed by atoms with Crippen molar-refractivity contribution < 1.29 is 5.11 Å². The van der Waals surface area contributed by atoms with E-state index in [0.717, 1.165) is 51.6 Å². The topological polar surface area (TPSA) is 69.2 Å². The molecule has 2 N–H and O–H groups in total. The number of benzene rings is 1. The van der Waals surface area contributed by atoms with Crippen LogP contribution in [0.25, 0.3) is 0 Å². The summed E-state index contributed by atoms with van der Waals surface area (Å²) >= 11 is 0. The first kappa shape index (κ1) is 19.8. The Morgan fingerprint density at radius 2 is 2.11 bits per heavy atom. The Kier molecular flexibility index (Phi) is 6.80. The van der Waals surface area contributed by atoms with Gasteiger partial charge in [0.15, 0.2) is 0 Å². The number of aryl methyl sites for hydroxylation is 2. The maximum absolute atomic E-state index is 11.9. The van der Waals surface area contributed by atoms with E-state index in [1.807, 2.05) is 0 Å². The zero-order valence-corrected chi connectivity index (χ0v) is 16.3. The molecule has 5 heteroatoms. The van der Waals surface area contributed by atoms with Gasteiger partial charge in [-0.25, -0.2) is 0 Å². The average molecular weight is 370 g/mol. The molecule has 146 valence electrons. The van der Waals surface area contributed by atoms with E-state index in [4.69, 9.17) is 0 Å². The minimum Gasteiger partial charge on any atom is -0.396 e. The van der Waals surface area contributed by atoms with E-state index in [9.17, 15) is 9.90 Å². The number of aliphatic hydroxyl groups excluding tert-OH is 1. The fraction of sp³-hybridized carbons (Fsp3) is 0.545. The van der Waals surface area contributed by atoms with Gasteiger partial charge < -0.3 is 10.1 Å². The Morgan fingerprint density at radius 3 is 2.89 bits per heavy atom. The highest BCUT2D eigenvalue weighted by molar-refractivity contribution is 5.25. The summed E-state index contributed by atoms with van der Waals surface area (Å²) < 4.78 is 0. The van der Waals surface area contributed by atoms with Crippen LogP contribution >= 0.6 is 0 Å². The minimum absolute atomic E-state index is 0.00791. The van der Waals surface area contributed by atoms with Crippen LogP contribution in [0, 0.1) is 12.3 Å². The molecule has 2 heterocycles. The lowest BCUT2D eigenvalue weighted by Gasteiger charge is -2.31. The molecule has 0 bridgehead atoms. The van der Waals surface area contributed by atoms with Crippen molar-refractivity contribution >= 4 is 0 Å². The van der Waals surface area contributed by atoms with Gasteiger partial charge in [-0.1, -0.05) is 24.3 Å². The van der Waals surface area contributed by atoms with Gasteiger partial charge in [0, 0.05) is 25.5 Å². The third kappa shape index (κ3) is 5.27. The molecule has 1 aromatic heterocycles. The minimum atomic E-state index is -0.103. The molecule has 1 aliphatic rings. The second-order valence-electron chi connectivity index (χ2n) is 7.93. The van der Waals surface area contributed by atoms with E-state index in [-0.39, 0.29) is 17.6 Å². The number of aromatic nitrogens is 2. The van der Waals surface area contributed by atoms with E-state index in [0.29, 0.717) is 12.2 Å². The number of rotatable bonds is 7. The molecule has 1 aromatic carbocycles. The Morgan fingerprint density at radius 1 is 1.26 bits per heavy atom. The summed E-state index contributed by atoms with van der Waals surface area (Å²) in [5.74, 6) is 0. The van der Waals surface area contributed by atoms with Crippen LogP contribution in [-0.2, 0) is 13.0 Å². The summed E-state index contributed by atoms with van der Waals surface area (Å²) in [7, 11) is 0. The van der Waals surface area contributed by atoms with Crippen molar-refractivity contribution in [2.75, 3.05) is 19.7 Å². The molecule has 1 atom stereocenters. The van der Waals surface area contributed by atoms with Crippen molar-refractivity contribution in [3.05, 3.63) is 63.8 Å². The number of hydrogen-bond acceptors (Lipinski definition) is 4. The summed E-state index contributed by atoms with van der Waals surface area (Å²) in [4.78, 5) is 21.1. The van der Waals surface area contributed by atoms with Crippen molar-refractivity contribution in [2.45, 2.75) is 52.0 Å². The summed E-state index contributed by atoms with van der Waals surface area (Å²) in [6, 6.07) is 8.56. The number of hydrogen-bond donors (Lipinski definition) is 2. The SMILES string of the molecule is Cc1ccccc1CCCC1(CO)CCCN(Cc2ncc[nH]c2=O)CC1. The summed E-state index contributed by atoms with van der Waals surface area (Å²) in [5.41, 5.74) is 3.24. The van der Waals surface area contributed by atoms with Crippen molar-refractivity contribution in [3.8, 4) is 0 Å². The first-order valence-electron chi connectivity index (χ1n) is 10.0. The number of nitrogens with one attached hydrogen (secondary N) is 1. The number of aliphatic hydroxyl groups is 1. The van der Waals surface area contributed by atoms with Gasteiger partial charge in [-0.3, -0.25) is 14.7 Å². The van der Waals surface area contributed by atoms with Gasteiger partial charge in [-0.05, 0) is 75.1 Å². The smallest absolute Gasteiger partial charge is 0.270 e. The van der Waals surface area contributed by atoms with Crippen molar-refractivity contribution in [1.29, 1.82) is 0 Å². The maximum atomic E-state index is 11.9. The van der Waals surface area contributed by atoms with Crippen LogP contribution in [0.3, 0.4) is 0 Å². The molecular weight excluding hydrogens is 338 g/mol. The van der Waals surface area contributed by atoms with E-state index in [1.165, 1.54) is 11.1 Å². The molecular formula is C22H31N3O2. The Hall–Kier alpha value is -1.98. The van der Waals surface area contributed by atoms with Gasteiger partial charge in [0.2, 0.25) is 0 Å². The van der Waals surface area contributed by atoms with Crippen LogP contribution in [0.5, 0.6) is 0 Å². The summed E-state index contributed by atoms with van der Waals surface area (Å²) in [6.07, 6.45) is 9.50. The molecule has 1 aliphatic heterocycles. The number of aromatic amines is 1. The van der Waals surface area contributed by atoms with Crippen molar-refractivity contribution in [3.63, 3.8) is 0 Å². The average Bonchev–Trinajstić information content (AvgIpc) is 2.88. The first-order valence-corrected chi connectivity index (χ1v) is 10.0. The van der Waals surface area contributed by atoms with Crippen LogP contribution in [0.2, 0.25) is 0 Å². The highest BCUT2D eigenvalue weighted by atomic mass is 16.3. The normalized spacial score (nSPS) is 21.1. The number of likely N-dealkylation sites (tertiary alicyclic amines) is 1. The molecule has 0 amide bonds. The standard InChI is InChI=1S/C22H31N3O2/c1-18-6-2-3-7-19(18)8-4-9-22(17-26)10-5-14-25(15-11-22)16-20-21(27)24-13-12-23-20/h2-3,6-7,12-13,26H,4-5,8-11,14-17H2,1H3,(H,24,27). The van der Waals surface area contributed by atoms with E-state index in [2.05, 4.69) is 46.1 Å². The Labute approximate surface area is 161 Å². The highest BCUT2D eigenvalue weighted by Crippen LogP contribution is 2.36. The molecule has 27 heavy (non-hydrogen) atoms. The molecule has 1 fully saturated rings. The van der Waals surface area contributed by atoms with Gasteiger partial charge in [-0.2, -0.15) is 0 Å². The third-order valence-electron chi connectivity index (χ3n) is 6.04. The molecule has 5 nitrogen and oxygen atoms in total. The zero-order chi connectivity index (χ0) is 19.1. The van der Waals surface area contributed by atoms with Crippen molar-refractivity contribution in [1.82, 2.24) is 14.9 Å². The molecule has 1 unspecified atom stereocenters. The predicted octanol–water partition coefficient (Wildman–Crippen LogP) is 3.07. The van der Waals surface area contributed by atoms with Gasteiger partial charge >= 0.3 is 0 Å². The van der Waals surface area contributed by atoms with Gasteiger partial charge in [0.1, 0.15) is 5.69 Å². The zero-order valence-electron chi connectivity index (χ0n) is 16.3. The van der Waals surface area contributed by atoms with Crippen LogP contribution < -0.4 is 5.56 Å².